The lowest BCUT2D eigenvalue weighted by Gasteiger charge is -2.31. The predicted molar refractivity (Wildman–Crippen MR) is 111 cm³/mol. The summed E-state index contributed by atoms with van der Waals surface area (Å²) in [5.41, 5.74) is 7.92. The highest BCUT2D eigenvalue weighted by Crippen LogP contribution is 2.23. The second-order valence-corrected chi connectivity index (χ2v) is 7.22. The molecule has 8 nitrogen and oxygen atoms in total. The van der Waals surface area contributed by atoms with Crippen molar-refractivity contribution in [2.45, 2.75) is 25.9 Å². The van der Waals surface area contributed by atoms with Crippen LogP contribution in [0.2, 0.25) is 0 Å². The molecule has 2 heterocycles. The van der Waals surface area contributed by atoms with E-state index in [0.717, 1.165) is 55.2 Å². The van der Waals surface area contributed by atoms with E-state index in [1.54, 1.807) is 7.11 Å². The van der Waals surface area contributed by atoms with Gasteiger partial charge in [0.05, 0.1) is 0 Å². The number of piperidine rings is 1. The first-order valence-electron chi connectivity index (χ1n) is 9.69. The number of hydrogen-bond donors (Lipinski definition) is 2. The normalized spacial score (nSPS) is 14.6. The fourth-order valence-corrected chi connectivity index (χ4v) is 3.38. The zero-order valence-corrected chi connectivity index (χ0v) is 16.6. The van der Waals surface area contributed by atoms with Crippen molar-refractivity contribution < 1.29 is 14.3 Å². The molecule has 0 unspecified atom stereocenters. The molecule has 0 aliphatic carbocycles. The Hall–Kier alpha value is -3.00. The van der Waals surface area contributed by atoms with Crippen LogP contribution in [0.25, 0.3) is 11.1 Å². The van der Waals surface area contributed by atoms with Gasteiger partial charge in [-0.1, -0.05) is 18.2 Å². The lowest BCUT2D eigenvalue weighted by atomic mass is 9.98. The summed E-state index contributed by atoms with van der Waals surface area (Å²) in [6.07, 6.45) is 5.62. The van der Waals surface area contributed by atoms with Gasteiger partial charge < -0.3 is 20.1 Å². The Kier molecular flexibility index (Phi) is 7.13. The van der Waals surface area contributed by atoms with Crippen LogP contribution in [0.3, 0.4) is 0 Å². The summed E-state index contributed by atoms with van der Waals surface area (Å²) in [4.78, 5) is 22.9. The molecule has 29 heavy (non-hydrogen) atoms. The summed E-state index contributed by atoms with van der Waals surface area (Å²) in [5, 5.41) is 7.13. The zero-order valence-electron chi connectivity index (χ0n) is 16.6. The first-order valence-corrected chi connectivity index (χ1v) is 9.69. The average molecular weight is 397 g/mol. The molecule has 0 saturated carbocycles. The molecule has 154 valence electrons. The molecule has 3 N–H and O–H groups in total. The van der Waals surface area contributed by atoms with Crippen molar-refractivity contribution >= 4 is 17.8 Å². The number of hydrogen-bond acceptors (Lipinski definition) is 7. The molecule has 3 rings (SSSR count). The highest BCUT2D eigenvalue weighted by molar-refractivity contribution is 5.94. The second kappa shape index (κ2) is 9.97. The van der Waals surface area contributed by atoms with E-state index in [2.05, 4.69) is 14.9 Å². The monoisotopic (exact) mass is 397 g/mol. The van der Waals surface area contributed by atoms with Gasteiger partial charge in [-0.2, -0.15) is 0 Å². The van der Waals surface area contributed by atoms with Crippen molar-refractivity contribution in [2.24, 2.45) is 11.7 Å². The number of ether oxygens (including phenoxy) is 2. The first-order chi connectivity index (χ1) is 14.0. The van der Waals surface area contributed by atoms with Crippen LogP contribution in [0.4, 0.5) is 5.95 Å². The molecule has 0 spiro atoms. The van der Waals surface area contributed by atoms with Crippen molar-refractivity contribution in [1.29, 1.82) is 5.41 Å². The minimum Gasteiger partial charge on any atom is -0.460 e. The van der Waals surface area contributed by atoms with Crippen molar-refractivity contribution in [3.05, 3.63) is 42.2 Å². The summed E-state index contributed by atoms with van der Waals surface area (Å²) in [5.74, 6) is 0.649. The van der Waals surface area contributed by atoms with Gasteiger partial charge in [-0.25, -0.2) is 9.97 Å². The molecule has 8 heteroatoms. The van der Waals surface area contributed by atoms with E-state index >= 15 is 0 Å². The van der Waals surface area contributed by atoms with E-state index in [1.807, 2.05) is 36.7 Å². The lowest BCUT2D eigenvalue weighted by molar-refractivity contribution is -0.143. The third-order valence-corrected chi connectivity index (χ3v) is 4.93. The third kappa shape index (κ3) is 5.99. The number of nitrogens with one attached hydrogen (secondary N) is 1. The van der Waals surface area contributed by atoms with Crippen LogP contribution in [-0.2, 0) is 20.9 Å². The summed E-state index contributed by atoms with van der Waals surface area (Å²) in [7, 11) is 1.75. The number of aromatic nitrogens is 2. The Balaban J connectivity index is 1.60. The number of nitrogens with zero attached hydrogens (tertiary/aromatic N) is 3. The average Bonchev–Trinajstić information content (AvgIpc) is 2.73. The molecular formula is C21H27N5O3. The number of carbonyl (C=O) groups is 1. The highest BCUT2D eigenvalue weighted by Gasteiger charge is 2.20. The summed E-state index contributed by atoms with van der Waals surface area (Å²) < 4.78 is 10.4. The number of nitrogens with two attached hydrogens (primary N) is 1. The Morgan fingerprint density at radius 1 is 1.24 bits per heavy atom. The van der Waals surface area contributed by atoms with E-state index < -0.39 is 5.97 Å². The summed E-state index contributed by atoms with van der Waals surface area (Å²) in [6, 6.07) is 7.69. The lowest BCUT2D eigenvalue weighted by Crippen LogP contribution is -2.36. The largest absolute Gasteiger partial charge is 0.460 e. The molecule has 0 atom stereocenters. The maximum atomic E-state index is 11.6. The van der Waals surface area contributed by atoms with Gasteiger partial charge in [-0.05, 0) is 36.0 Å². The molecule has 0 amide bonds. The van der Waals surface area contributed by atoms with E-state index in [0.29, 0.717) is 5.92 Å². The van der Waals surface area contributed by atoms with Gasteiger partial charge in [0.1, 0.15) is 18.9 Å². The first kappa shape index (κ1) is 20.7. The maximum Gasteiger partial charge on any atom is 0.313 e. The van der Waals surface area contributed by atoms with Gasteiger partial charge in [0.15, 0.2) is 0 Å². The topological polar surface area (TPSA) is 114 Å². The van der Waals surface area contributed by atoms with Crippen LogP contribution in [0.5, 0.6) is 0 Å². The van der Waals surface area contributed by atoms with Gasteiger partial charge in [-0.15, -0.1) is 0 Å². The number of rotatable bonds is 8. The SMILES string of the molecule is COCC1CCN(c2ncc(-c3cccc(COC(=O)CC(=N)N)c3)cn2)CC1. The Labute approximate surface area is 170 Å². The van der Waals surface area contributed by atoms with Crippen molar-refractivity contribution in [1.82, 2.24) is 9.97 Å². The van der Waals surface area contributed by atoms with Gasteiger partial charge in [0, 0.05) is 44.8 Å². The maximum absolute atomic E-state index is 11.6. The van der Waals surface area contributed by atoms with Gasteiger partial charge in [0.2, 0.25) is 5.95 Å². The standard InChI is InChI=1S/C21H27N5O3/c1-28-13-15-5-7-26(8-6-15)21-24-11-18(12-25-21)17-4-2-3-16(9-17)14-29-20(27)10-19(22)23/h2-4,9,11-12,15H,5-8,10,13-14H2,1H3,(H3,22,23). The summed E-state index contributed by atoms with van der Waals surface area (Å²) in [6.45, 7) is 2.83. The van der Waals surface area contributed by atoms with Crippen LogP contribution in [0.1, 0.15) is 24.8 Å². The number of anilines is 1. The minimum absolute atomic E-state index is 0.134. The number of benzene rings is 1. The molecular weight excluding hydrogens is 370 g/mol. The van der Waals surface area contributed by atoms with E-state index in [4.69, 9.17) is 20.6 Å². The molecule has 2 aromatic rings. The molecule has 1 aliphatic heterocycles. The molecule has 0 bridgehead atoms. The molecule has 1 fully saturated rings. The number of carbonyl (C=O) groups excluding carboxylic acids is 1. The van der Waals surface area contributed by atoms with Crippen LogP contribution in [-0.4, -0.2) is 48.6 Å². The van der Waals surface area contributed by atoms with E-state index in [9.17, 15) is 4.79 Å². The Bertz CT molecular complexity index is 832. The smallest absolute Gasteiger partial charge is 0.313 e. The second-order valence-electron chi connectivity index (χ2n) is 7.22. The third-order valence-electron chi connectivity index (χ3n) is 4.93. The van der Waals surface area contributed by atoms with E-state index in [-0.39, 0.29) is 18.9 Å². The van der Waals surface area contributed by atoms with Gasteiger partial charge >= 0.3 is 5.97 Å². The van der Waals surface area contributed by atoms with Crippen LogP contribution >= 0.6 is 0 Å². The summed E-state index contributed by atoms with van der Waals surface area (Å²) >= 11 is 0. The predicted octanol–water partition coefficient (Wildman–Crippen LogP) is 2.38. The van der Waals surface area contributed by atoms with E-state index in [1.165, 1.54) is 0 Å². The minimum atomic E-state index is -0.509. The molecule has 1 aromatic heterocycles. The van der Waals surface area contributed by atoms with Crippen molar-refractivity contribution in [3.8, 4) is 11.1 Å². The quantitative estimate of drug-likeness (QED) is 0.399. The zero-order chi connectivity index (χ0) is 20.6. The molecule has 1 aromatic carbocycles. The fourth-order valence-electron chi connectivity index (χ4n) is 3.38. The van der Waals surface area contributed by atoms with Crippen LogP contribution < -0.4 is 10.6 Å². The number of methoxy groups -OCH3 is 1. The Morgan fingerprint density at radius 3 is 2.62 bits per heavy atom. The molecule has 0 radical (unpaired) electrons. The van der Waals surface area contributed by atoms with Crippen molar-refractivity contribution in [3.63, 3.8) is 0 Å². The van der Waals surface area contributed by atoms with Gasteiger partial charge in [0.25, 0.3) is 0 Å². The van der Waals surface area contributed by atoms with Crippen molar-refractivity contribution in [2.75, 3.05) is 31.7 Å². The van der Waals surface area contributed by atoms with Crippen LogP contribution in [0, 0.1) is 11.3 Å². The fraction of sp³-hybridized carbons (Fsp3) is 0.429. The Morgan fingerprint density at radius 2 is 1.97 bits per heavy atom. The number of esters is 1. The van der Waals surface area contributed by atoms with Crippen LogP contribution in [0.15, 0.2) is 36.7 Å². The number of amidine groups is 1. The molecule has 1 saturated heterocycles. The molecule has 1 aliphatic rings. The highest BCUT2D eigenvalue weighted by atomic mass is 16.5. The van der Waals surface area contributed by atoms with Gasteiger partial charge in [-0.3, -0.25) is 10.2 Å².